The lowest BCUT2D eigenvalue weighted by atomic mass is 10.1. The maximum Gasteiger partial charge on any atom is 0.328 e. The Hall–Kier alpha value is -1.82. The number of aliphatic carboxylic acids is 1. The molecule has 106 valence electrons. The molecule has 1 aliphatic heterocycles. The van der Waals surface area contributed by atoms with Gasteiger partial charge in [-0.15, -0.1) is 11.3 Å². The molecule has 0 aromatic carbocycles. The summed E-state index contributed by atoms with van der Waals surface area (Å²) in [6.07, 6.45) is 7.12. The number of carbonyl (C=O) groups is 1. The second-order valence-electron chi connectivity index (χ2n) is 5.06. The van der Waals surface area contributed by atoms with E-state index in [-0.39, 0.29) is 0 Å². The van der Waals surface area contributed by atoms with Crippen molar-refractivity contribution in [3.63, 3.8) is 0 Å². The molecule has 0 bridgehead atoms. The maximum absolute atomic E-state index is 10.8. The molecule has 6 heteroatoms. The van der Waals surface area contributed by atoms with Crippen LogP contribution in [0.2, 0.25) is 0 Å². The van der Waals surface area contributed by atoms with E-state index >= 15 is 0 Å². The molecule has 1 unspecified atom stereocenters. The van der Waals surface area contributed by atoms with Crippen molar-refractivity contribution in [2.24, 2.45) is 5.92 Å². The van der Waals surface area contributed by atoms with Crippen molar-refractivity contribution in [1.82, 2.24) is 9.38 Å². The van der Waals surface area contributed by atoms with Crippen LogP contribution < -0.4 is 4.90 Å². The van der Waals surface area contributed by atoms with Crippen molar-refractivity contribution in [2.45, 2.75) is 19.8 Å². The van der Waals surface area contributed by atoms with Crippen LogP contribution in [0, 0.1) is 5.92 Å². The Bertz CT molecular complexity index is 658. The minimum atomic E-state index is -0.936. The first-order valence-electron chi connectivity index (χ1n) is 6.80. The van der Waals surface area contributed by atoms with E-state index in [1.165, 1.54) is 18.9 Å². The summed E-state index contributed by atoms with van der Waals surface area (Å²) in [5.41, 5.74) is 0.861. The number of carboxylic acids is 1. The van der Waals surface area contributed by atoms with Crippen molar-refractivity contribution >= 4 is 34.2 Å². The standard InChI is InChI=1S/C14H17N3O2S/c1-2-10-5-6-16(9-10)13-11(3-4-12(18)19)17-7-8-20-14(17)15-13/h3-4,7-8,10H,2,5-6,9H2,1H3,(H,18,19)/b4-3+. The van der Waals surface area contributed by atoms with Gasteiger partial charge in [0.05, 0.1) is 5.69 Å². The molecule has 3 heterocycles. The molecule has 1 aliphatic rings. The van der Waals surface area contributed by atoms with E-state index in [9.17, 15) is 4.79 Å². The van der Waals surface area contributed by atoms with Crippen LogP contribution in [0.4, 0.5) is 5.82 Å². The van der Waals surface area contributed by atoms with Gasteiger partial charge in [-0.25, -0.2) is 9.78 Å². The summed E-state index contributed by atoms with van der Waals surface area (Å²) in [6, 6.07) is 0. The Kier molecular flexibility index (Phi) is 3.48. The Balaban J connectivity index is 1.99. The van der Waals surface area contributed by atoms with Crippen molar-refractivity contribution in [3.05, 3.63) is 23.3 Å². The minimum absolute atomic E-state index is 0.714. The van der Waals surface area contributed by atoms with Crippen molar-refractivity contribution in [1.29, 1.82) is 0 Å². The number of aromatic nitrogens is 2. The molecule has 1 N–H and O–H groups in total. The normalized spacial score (nSPS) is 19.4. The number of hydrogen-bond donors (Lipinski definition) is 1. The fourth-order valence-electron chi connectivity index (χ4n) is 2.69. The number of anilines is 1. The average Bonchev–Trinajstić information content (AvgIpc) is 3.11. The summed E-state index contributed by atoms with van der Waals surface area (Å²) in [5.74, 6) is 0.685. The summed E-state index contributed by atoms with van der Waals surface area (Å²) >= 11 is 1.57. The van der Waals surface area contributed by atoms with Crippen LogP contribution in [0.3, 0.4) is 0 Å². The van der Waals surface area contributed by atoms with Gasteiger partial charge in [0.2, 0.25) is 0 Å². The number of fused-ring (bicyclic) bond motifs is 1. The fourth-order valence-corrected chi connectivity index (χ4v) is 3.40. The quantitative estimate of drug-likeness (QED) is 0.880. The van der Waals surface area contributed by atoms with Gasteiger partial charge in [-0.05, 0) is 18.4 Å². The SMILES string of the molecule is CCC1CCN(c2nc3sccn3c2/C=C/C(=O)O)C1. The van der Waals surface area contributed by atoms with Gasteiger partial charge in [0.15, 0.2) is 10.8 Å². The molecule has 1 atom stereocenters. The summed E-state index contributed by atoms with van der Waals surface area (Å²) in [5, 5.41) is 10.8. The van der Waals surface area contributed by atoms with Gasteiger partial charge in [-0.1, -0.05) is 13.3 Å². The monoisotopic (exact) mass is 291 g/mol. The molecule has 20 heavy (non-hydrogen) atoms. The van der Waals surface area contributed by atoms with E-state index in [0.717, 1.165) is 29.6 Å². The summed E-state index contributed by atoms with van der Waals surface area (Å²) in [7, 11) is 0. The highest BCUT2D eigenvalue weighted by molar-refractivity contribution is 7.15. The fraction of sp³-hybridized carbons (Fsp3) is 0.429. The zero-order chi connectivity index (χ0) is 14.1. The third kappa shape index (κ3) is 2.31. The molecule has 5 nitrogen and oxygen atoms in total. The van der Waals surface area contributed by atoms with Crippen LogP contribution in [0.1, 0.15) is 25.5 Å². The number of hydrogen-bond acceptors (Lipinski definition) is 4. The van der Waals surface area contributed by atoms with Gasteiger partial charge in [-0.2, -0.15) is 0 Å². The summed E-state index contributed by atoms with van der Waals surface area (Å²) < 4.78 is 1.96. The second-order valence-corrected chi connectivity index (χ2v) is 5.93. The van der Waals surface area contributed by atoms with Crippen LogP contribution in [-0.2, 0) is 4.79 Å². The molecule has 1 saturated heterocycles. The van der Waals surface area contributed by atoms with E-state index in [1.807, 2.05) is 16.0 Å². The minimum Gasteiger partial charge on any atom is -0.478 e. The summed E-state index contributed by atoms with van der Waals surface area (Å²) in [6.45, 7) is 4.22. The summed E-state index contributed by atoms with van der Waals surface area (Å²) in [4.78, 5) is 18.6. The highest BCUT2D eigenvalue weighted by atomic mass is 32.1. The molecule has 0 aliphatic carbocycles. The van der Waals surface area contributed by atoms with Crippen molar-refractivity contribution in [2.75, 3.05) is 18.0 Å². The maximum atomic E-state index is 10.8. The number of rotatable bonds is 4. The highest BCUT2D eigenvalue weighted by Gasteiger charge is 2.25. The average molecular weight is 291 g/mol. The van der Waals surface area contributed by atoms with Gasteiger partial charge < -0.3 is 10.0 Å². The largest absolute Gasteiger partial charge is 0.478 e. The third-order valence-electron chi connectivity index (χ3n) is 3.83. The lowest BCUT2D eigenvalue weighted by Crippen LogP contribution is -2.20. The first-order valence-corrected chi connectivity index (χ1v) is 7.68. The van der Waals surface area contributed by atoms with E-state index in [1.54, 1.807) is 17.4 Å². The van der Waals surface area contributed by atoms with Crippen LogP contribution in [-0.4, -0.2) is 33.6 Å². The lowest BCUT2D eigenvalue weighted by Gasteiger charge is -2.16. The molecule has 3 rings (SSSR count). The predicted molar refractivity (Wildman–Crippen MR) is 80.3 cm³/mol. The third-order valence-corrected chi connectivity index (χ3v) is 4.58. The molecule has 2 aromatic rings. The van der Waals surface area contributed by atoms with E-state index in [0.29, 0.717) is 5.92 Å². The van der Waals surface area contributed by atoms with Crippen molar-refractivity contribution in [3.8, 4) is 0 Å². The molecule has 2 aromatic heterocycles. The molecule has 0 radical (unpaired) electrons. The van der Waals surface area contributed by atoms with Gasteiger partial charge in [-0.3, -0.25) is 4.40 Å². The van der Waals surface area contributed by atoms with Gasteiger partial charge >= 0.3 is 5.97 Å². The number of nitrogens with zero attached hydrogens (tertiary/aromatic N) is 3. The topological polar surface area (TPSA) is 57.8 Å². The molecular weight excluding hydrogens is 274 g/mol. The lowest BCUT2D eigenvalue weighted by molar-refractivity contribution is -0.131. The van der Waals surface area contributed by atoms with Gasteiger partial charge in [0, 0.05) is 30.7 Å². The van der Waals surface area contributed by atoms with E-state index < -0.39 is 5.97 Å². The molecular formula is C14H17N3O2S. The number of carboxylic acid groups (broad SMARTS) is 1. The molecule has 0 saturated carbocycles. The molecule has 1 fully saturated rings. The van der Waals surface area contributed by atoms with Crippen LogP contribution >= 0.6 is 11.3 Å². The number of thiazole rings is 1. The Morgan fingerprint density at radius 2 is 2.50 bits per heavy atom. The predicted octanol–water partition coefficient (Wildman–Crippen LogP) is 2.73. The van der Waals surface area contributed by atoms with E-state index in [2.05, 4.69) is 16.8 Å². The van der Waals surface area contributed by atoms with Crippen molar-refractivity contribution < 1.29 is 9.90 Å². The first kappa shape index (κ1) is 13.2. The van der Waals surface area contributed by atoms with E-state index in [4.69, 9.17) is 5.11 Å². The van der Waals surface area contributed by atoms with Crippen LogP contribution in [0.15, 0.2) is 17.7 Å². The van der Waals surface area contributed by atoms with Crippen LogP contribution in [0.5, 0.6) is 0 Å². The zero-order valence-corrected chi connectivity index (χ0v) is 12.1. The molecule has 0 amide bonds. The Morgan fingerprint density at radius 3 is 3.20 bits per heavy atom. The molecule has 0 spiro atoms. The Labute approximate surface area is 121 Å². The van der Waals surface area contributed by atoms with Gasteiger partial charge in [0.1, 0.15) is 0 Å². The highest BCUT2D eigenvalue weighted by Crippen LogP contribution is 2.30. The van der Waals surface area contributed by atoms with Gasteiger partial charge in [0.25, 0.3) is 0 Å². The Morgan fingerprint density at radius 1 is 1.65 bits per heavy atom. The second kappa shape index (κ2) is 5.28. The number of imidazole rings is 1. The first-order chi connectivity index (χ1) is 9.69. The zero-order valence-electron chi connectivity index (χ0n) is 11.3. The smallest absolute Gasteiger partial charge is 0.328 e. The van der Waals surface area contributed by atoms with Crippen LogP contribution in [0.25, 0.3) is 11.0 Å².